The molecule has 2 rings (SSSR count). The van der Waals surface area contributed by atoms with E-state index in [0.29, 0.717) is 5.56 Å². The molecule has 2 aromatic rings. The first-order valence-corrected chi connectivity index (χ1v) is 8.09. The van der Waals surface area contributed by atoms with E-state index in [1.807, 2.05) is 0 Å². The minimum atomic E-state index is -4.52. The fourth-order valence-electron chi connectivity index (χ4n) is 1.98. The Morgan fingerprint density at radius 1 is 0.864 bits per heavy atom. The van der Waals surface area contributed by atoms with Gasteiger partial charge in [-0.05, 0) is 29.3 Å². The Hall–Kier alpha value is -1.89. The summed E-state index contributed by atoms with van der Waals surface area (Å²) in [5.41, 5.74) is -0.438. The van der Waals surface area contributed by atoms with E-state index in [4.69, 9.17) is 0 Å². The molecule has 0 unspecified atom stereocenters. The first-order valence-electron chi connectivity index (χ1n) is 6.27. The normalized spacial score (nSPS) is 12.4. The molecule has 0 aliphatic heterocycles. The van der Waals surface area contributed by atoms with Gasteiger partial charge in [0.25, 0.3) is 0 Å². The van der Waals surface area contributed by atoms with Crippen LogP contribution in [0, 0.1) is 5.82 Å². The van der Waals surface area contributed by atoms with Gasteiger partial charge in [0.15, 0.2) is 9.84 Å². The van der Waals surface area contributed by atoms with Crippen molar-refractivity contribution in [3.05, 3.63) is 71.0 Å². The number of benzene rings is 2. The second-order valence-corrected chi connectivity index (χ2v) is 6.92. The lowest BCUT2D eigenvalue weighted by atomic mass is 10.1. The first kappa shape index (κ1) is 16.5. The monoisotopic (exact) mass is 332 g/mol. The maximum atomic E-state index is 12.8. The van der Waals surface area contributed by atoms with Crippen molar-refractivity contribution in [1.82, 2.24) is 0 Å². The van der Waals surface area contributed by atoms with Crippen LogP contribution in [0.15, 0.2) is 48.5 Å². The standard InChI is InChI=1S/C15H12F4O2S/c16-14-6-4-11(5-7-14)9-22(20,21)10-12-2-1-3-13(8-12)15(17,18)19/h1-8H,9-10H2. The van der Waals surface area contributed by atoms with Crippen LogP contribution in [-0.2, 0) is 27.5 Å². The number of hydrogen-bond acceptors (Lipinski definition) is 2. The van der Waals surface area contributed by atoms with Gasteiger partial charge in [-0.2, -0.15) is 13.2 Å². The van der Waals surface area contributed by atoms with Crippen LogP contribution >= 0.6 is 0 Å². The Labute approximate surface area is 125 Å². The van der Waals surface area contributed by atoms with E-state index < -0.39 is 33.1 Å². The van der Waals surface area contributed by atoms with E-state index in [2.05, 4.69) is 0 Å². The molecule has 0 aromatic heterocycles. The molecule has 0 N–H and O–H groups in total. The van der Waals surface area contributed by atoms with E-state index in [0.717, 1.165) is 24.3 Å². The molecule has 0 spiro atoms. The summed E-state index contributed by atoms with van der Waals surface area (Å²) in [6.45, 7) is 0. The number of hydrogen-bond donors (Lipinski definition) is 0. The highest BCUT2D eigenvalue weighted by molar-refractivity contribution is 7.89. The maximum Gasteiger partial charge on any atom is 0.416 e. The summed E-state index contributed by atoms with van der Waals surface area (Å²) in [5.74, 6) is -1.35. The molecule has 2 nitrogen and oxygen atoms in total. The number of alkyl halides is 3. The summed E-state index contributed by atoms with van der Waals surface area (Å²) in [7, 11) is -3.65. The number of halogens is 4. The van der Waals surface area contributed by atoms with Crippen molar-refractivity contribution < 1.29 is 26.0 Å². The van der Waals surface area contributed by atoms with Gasteiger partial charge in [-0.25, -0.2) is 12.8 Å². The Kier molecular flexibility index (Phi) is 4.55. The third-order valence-corrected chi connectivity index (χ3v) is 4.49. The SMILES string of the molecule is O=S(=O)(Cc1ccc(F)cc1)Cc1cccc(C(F)(F)F)c1. The summed E-state index contributed by atoms with van der Waals surface area (Å²) >= 11 is 0. The summed E-state index contributed by atoms with van der Waals surface area (Å²) < 4.78 is 74.6. The molecular weight excluding hydrogens is 320 g/mol. The number of rotatable bonds is 4. The van der Waals surface area contributed by atoms with Gasteiger partial charge in [-0.3, -0.25) is 0 Å². The van der Waals surface area contributed by atoms with Crippen LogP contribution in [0.4, 0.5) is 17.6 Å². The lowest BCUT2D eigenvalue weighted by Gasteiger charge is -2.09. The van der Waals surface area contributed by atoms with Crippen LogP contribution < -0.4 is 0 Å². The first-order chi connectivity index (χ1) is 10.2. The predicted octanol–water partition coefficient (Wildman–Crippen LogP) is 3.96. The fraction of sp³-hybridized carbons (Fsp3) is 0.200. The van der Waals surface area contributed by atoms with Crippen molar-refractivity contribution in [3.8, 4) is 0 Å². The molecule has 22 heavy (non-hydrogen) atoms. The van der Waals surface area contributed by atoms with Gasteiger partial charge in [-0.1, -0.05) is 30.3 Å². The van der Waals surface area contributed by atoms with Crippen molar-refractivity contribution in [1.29, 1.82) is 0 Å². The molecule has 0 radical (unpaired) electrons. The third kappa shape index (κ3) is 4.56. The number of sulfone groups is 1. The van der Waals surface area contributed by atoms with Crippen molar-refractivity contribution in [2.24, 2.45) is 0 Å². The quantitative estimate of drug-likeness (QED) is 0.794. The smallest absolute Gasteiger partial charge is 0.228 e. The van der Waals surface area contributed by atoms with Crippen molar-refractivity contribution in [3.63, 3.8) is 0 Å². The zero-order valence-electron chi connectivity index (χ0n) is 11.3. The van der Waals surface area contributed by atoms with Gasteiger partial charge in [0, 0.05) is 0 Å². The highest BCUT2D eigenvalue weighted by atomic mass is 32.2. The summed E-state index contributed by atoms with van der Waals surface area (Å²) in [4.78, 5) is 0. The Bertz CT molecular complexity index is 750. The molecule has 0 heterocycles. The molecule has 2 aromatic carbocycles. The average Bonchev–Trinajstić information content (AvgIpc) is 2.40. The van der Waals surface area contributed by atoms with Gasteiger partial charge >= 0.3 is 6.18 Å². The molecule has 7 heteroatoms. The van der Waals surface area contributed by atoms with E-state index in [-0.39, 0.29) is 11.3 Å². The fourth-order valence-corrected chi connectivity index (χ4v) is 3.47. The Morgan fingerprint density at radius 2 is 1.45 bits per heavy atom. The third-order valence-electron chi connectivity index (χ3n) is 2.94. The van der Waals surface area contributed by atoms with Crippen LogP contribution in [-0.4, -0.2) is 8.42 Å². The lowest BCUT2D eigenvalue weighted by Crippen LogP contribution is -2.10. The van der Waals surface area contributed by atoms with Crippen LogP contribution in [0.25, 0.3) is 0 Å². The zero-order valence-corrected chi connectivity index (χ0v) is 12.1. The van der Waals surface area contributed by atoms with Crippen LogP contribution in [0.2, 0.25) is 0 Å². The van der Waals surface area contributed by atoms with Crippen molar-refractivity contribution >= 4 is 9.84 Å². The van der Waals surface area contributed by atoms with Gasteiger partial charge in [0.1, 0.15) is 5.82 Å². The molecule has 0 saturated carbocycles. The lowest BCUT2D eigenvalue weighted by molar-refractivity contribution is -0.137. The maximum absolute atomic E-state index is 12.8. The van der Waals surface area contributed by atoms with Gasteiger partial charge in [-0.15, -0.1) is 0 Å². The van der Waals surface area contributed by atoms with E-state index in [1.165, 1.54) is 24.3 Å². The van der Waals surface area contributed by atoms with Gasteiger partial charge < -0.3 is 0 Å². The minimum Gasteiger partial charge on any atom is -0.228 e. The molecule has 0 aliphatic rings. The topological polar surface area (TPSA) is 34.1 Å². The Balaban J connectivity index is 2.17. The summed E-state index contributed by atoms with van der Waals surface area (Å²) in [5, 5.41) is 0. The second kappa shape index (κ2) is 6.08. The minimum absolute atomic E-state index is 0.0666. The highest BCUT2D eigenvalue weighted by Gasteiger charge is 2.30. The van der Waals surface area contributed by atoms with Crippen molar-refractivity contribution in [2.75, 3.05) is 0 Å². The molecule has 0 amide bonds. The van der Waals surface area contributed by atoms with Crippen LogP contribution in [0.1, 0.15) is 16.7 Å². The Morgan fingerprint density at radius 3 is 2.05 bits per heavy atom. The molecular formula is C15H12F4O2S. The zero-order chi connectivity index (χ0) is 16.4. The van der Waals surface area contributed by atoms with E-state index >= 15 is 0 Å². The van der Waals surface area contributed by atoms with E-state index in [9.17, 15) is 26.0 Å². The molecule has 118 valence electrons. The van der Waals surface area contributed by atoms with Crippen LogP contribution in [0.3, 0.4) is 0 Å². The molecule has 0 bridgehead atoms. The highest BCUT2D eigenvalue weighted by Crippen LogP contribution is 2.30. The van der Waals surface area contributed by atoms with E-state index in [1.54, 1.807) is 0 Å². The predicted molar refractivity (Wildman–Crippen MR) is 74.2 cm³/mol. The molecule has 0 saturated heterocycles. The molecule has 0 atom stereocenters. The average molecular weight is 332 g/mol. The molecule has 0 fully saturated rings. The second-order valence-electron chi connectivity index (χ2n) is 4.86. The summed E-state index contributed by atoms with van der Waals surface area (Å²) in [6.07, 6.45) is -4.52. The summed E-state index contributed by atoms with van der Waals surface area (Å²) in [6, 6.07) is 9.14. The van der Waals surface area contributed by atoms with Gasteiger partial charge in [0.2, 0.25) is 0 Å². The molecule has 0 aliphatic carbocycles. The van der Waals surface area contributed by atoms with Crippen molar-refractivity contribution in [2.45, 2.75) is 17.7 Å². The van der Waals surface area contributed by atoms with Gasteiger partial charge in [0.05, 0.1) is 17.1 Å². The largest absolute Gasteiger partial charge is 0.416 e. The van der Waals surface area contributed by atoms with Crippen LogP contribution in [0.5, 0.6) is 0 Å².